The Morgan fingerprint density at radius 2 is 2.38 bits per heavy atom. The van der Waals surface area contributed by atoms with E-state index in [1.165, 1.54) is 12.8 Å². The molecule has 0 amide bonds. The minimum atomic E-state index is 0.177. The number of likely N-dealkylation sites (tertiary alicyclic amines) is 1. The number of nitrogens with zero attached hydrogens (tertiary/aromatic N) is 6. The van der Waals surface area contributed by atoms with Gasteiger partial charge in [0, 0.05) is 19.5 Å². The van der Waals surface area contributed by atoms with E-state index in [4.69, 9.17) is 4.52 Å². The van der Waals surface area contributed by atoms with E-state index in [0.717, 1.165) is 37.8 Å². The van der Waals surface area contributed by atoms with Crippen LogP contribution in [-0.4, -0.2) is 42.9 Å². The number of aryl methyl sites for hydroxylation is 1. The Morgan fingerprint density at radius 1 is 1.48 bits per heavy atom. The topological polar surface area (TPSA) is 72.9 Å². The van der Waals surface area contributed by atoms with Gasteiger partial charge in [-0.2, -0.15) is 10.1 Å². The van der Waals surface area contributed by atoms with E-state index in [9.17, 15) is 0 Å². The molecular formula is C14H22N6O. The highest BCUT2D eigenvalue weighted by Gasteiger charge is 2.27. The summed E-state index contributed by atoms with van der Waals surface area (Å²) in [4.78, 5) is 10.9. The Labute approximate surface area is 124 Å². The molecule has 0 radical (unpaired) electrons. The fraction of sp³-hybridized carbons (Fsp3) is 0.714. The first-order valence-electron chi connectivity index (χ1n) is 7.65. The molecule has 3 heterocycles. The van der Waals surface area contributed by atoms with Crippen molar-refractivity contribution in [2.45, 2.75) is 45.7 Å². The summed E-state index contributed by atoms with van der Waals surface area (Å²) < 4.78 is 7.30. The summed E-state index contributed by atoms with van der Waals surface area (Å²) in [5.74, 6) is 2.11. The third kappa shape index (κ3) is 3.29. The normalized spacial score (nSPS) is 21.5. The number of aromatic nitrogens is 5. The largest absolute Gasteiger partial charge is 0.338 e. The minimum Gasteiger partial charge on any atom is -0.338 e. The van der Waals surface area contributed by atoms with Gasteiger partial charge in [-0.15, -0.1) is 0 Å². The second-order valence-electron chi connectivity index (χ2n) is 5.70. The van der Waals surface area contributed by atoms with Crippen LogP contribution in [0.2, 0.25) is 0 Å². The zero-order valence-electron chi connectivity index (χ0n) is 12.6. The highest BCUT2D eigenvalue weighted by atomic mass is 16.5. The molecule has 0 aliphatic carbocycles. The third-order valence-corrected chi connectivity index (χ3v) is 4.17. The van der Waals surface area contributed by atoms with Crippen molar-refractivity contribution in [2.75, 3.05) is 13.1 Å². The molecule has 1 saturated heterocycles. The Morgan fingerprint density at radius 3 is 3.10 bits per heavy atom. The number of hydrogen-bond acceptors (Lipinski definition) is 6. The van der Waals surface area contributed by atoms with E-state index in [1.807, 2.05) is 11.6 Å². The van der Waals surface area contributed by atoms with Crippen LogP contribution in [0.4, 0.5) is 0 Å². The fourth-order valence-corrected chi connectivity index (χ4v) is 2.93. The molecule has 7 heteroatoms. The van der Waals surface area contributed by atoms with E-state index in [2.05, 4.69) is 32.0 Å². The molecule has 2 aromatic heterocycles. The Bertz CT molecular complexity index is 552. The first-order valence-corrected chi connectivity index (χ1v) is 7.65. The summed E-state index contributed by atoms with van der Waals surface area (Å²) >= 11 is 0. The summed E-state index contributed by atoms with van der Waals surface area (Å²) in [5.41, 5.74) is 0. The quantitative estimate of drug-likeness (QED) is 0.834. The van der Waals surface area contributed by atoms with Gasteiger partial charge in [-0.1, -0.05) is 12.1 Å². The van der Waals surface area contributed by atoms with E-state index in [-0.39, 0.29) is 6.04 Å². The lowest BCUT2D eigenvalue weighted by atomic mass is 9.97. The van der Waals surface area contributed by atoms with Gasteiger partial charge in [0.15, 0.2) is 5.82 Å². The van der Waals surface area contributed by atoms with E-state index in [0.29, 0.717) is 5.92 Å². The van der Waals surface area contributed by atoms with Gasteiger partial charge in [-0.3, -0.25) is 9.58 Å². The second kappa shape index (κ2) is 6.34. The van der Waals surface area contributed by atoms with Crippen molar-refractivity contribution in [2.24, 2.45) is 5.92 Å². The molecule has 1 aliphatic rings. The Balaban J connectivity index is 1.62. The van der Waals surface area contributed by atoms with Crippen molar-refractivity contribution in [1.29, 1.82) is 0 Å². The maximum Gasteiger partial charge on any atom is 0.243 e. The van der Waals surface area contributed by atoms with Gasteiger partial charge in [0.25, 0.3) is 0 Å². The second-order valence-corrected chi connectivity index (χ2v) is 5.70. The molecule has 0 aromatic carbocycles. The summed E-state index contributed by atoms with van der Waals surface area (Å²) in [7, 11) is 0. The summed E-state index contributed by atoms with van der Waals surface area (Å²) in [6.07, 6.45) is 6.61. The van der Waals surface area contributed by atoms with Crippen molar-refractivity contribution >= 4 is 0 Å². The van der Waals surface area contributed by atoms with Crippen LogP contribution in [-0.2, 0) is 13.0 Å². The molecule has 2 atom stereocenters. The zero-order chi connectivity index (χ0) is 14.7. The maximum absolute atomic E-state index is 5.38. The maximum atomic E-state index is 5.38. The predicted octanol–water partition coefficient (Wildman–Crippen LogP) is 1.70. The standard InChI is InChI=1S/C14H22N6O/c1-3-13-17-14(21-18-13)11(2)19-6-4-5-12(7-19)8-20-10-15-9-16-20/h9-12H,3-8H2,1-2H3/t11-,12-/m0/s1. The molecular weight excluding hydrogens is 268 g/mol. The minimum absolute atomic E-state index is 0.177. The molecule has 1 fully saturated rings. The molecule has 3 rings (SSSR count). The van der Waals surface area contributed by atoms with Gasteiger partial charge >= 0.3 is 0 Å². The van der Waals surface area contributed by atoms with Crippen molar-refractivity contribution < 1.29 is 4.52 Å². The van der Waals surface area contributed by atoms with Crippen molar-refractivity contribution in [1.82, 2.24) is 29.8 Å². The van der Waals surface area contributed by atoms with Crippen molar-refractivity contribution in [3.63, 3.8) is 0 Å². The molecule has 114 valence electrons. The van der Waals surface area contributed by atoms with Gasteiger partial charge in [0.2, 0.25) is 5.89 Å². The van der Waals surface area contributed by atoms with Gasteiger partial charge in [-0.25, -0.2) is 4.98 Å². The van der Waals surface area contributed by atoms with Crippen LogP contribution in [0, 0.1) is 5.92 Å². The summed E-state index contributed by atoms with van der Waals surface area (Å²) in [6, 6.07) is 0.177. The number of hydrogen-bond donors (Lipinski definition) is 0. The van der Waals surface area contributed by atoms with Crippen LogP contribution in [0.25, 0.3) is 0 Å². The van der Waals surface area contributed by atoms with E-state index < -0.39 is 0 Å². The van der Waals surface area contributed by atoms with Crippen molar-refractivity contribution in [3.05, 3.63) is 24.4 Å². The monoisotopic (exact) mass is 290 g/mol. The predicted molar refractivity (Wildman–Crippen MR) is 76.4 cm³/mol. The molecule has 0 unspecified atom stereocenters. The number of rotatable bonds is 5. The van der Waals surface area contributed by atoms with Crippen LogP contribution in [0.5, 0.6) is 0 Å². The Hall–Kier alpha value is -1.76. The lowest BCUT2D eigenvalue weighted by molar-refractivity contribution is 0.102. The van der Waals surface area contributed by atoms with E-state index in [1.54, 1.807) is 12.7 Å². The Kier molecular flexibility index (Phi) is 4.28. The highest BCUT2D eigenvalue weighted by Crippen LogP contribution is 2.26. The van der Waals surface area contributed by atoms with Gasteiger partial charge in [0.1, 0.15) is 12.7 Å². The van der Waals surface area contributed by atoms with Crippen LogP contribution in [0.3, 0.4) is 0 Å². The van der Waals surface area contributed by atoms with Crippen molar-refractivity contribution in [3.8, 4) is 0 Å². The average Bonchev–Trinajstić information content (AvgIpc) is 3.17. The smallest absolute Gasteiger partial charge is 0.243 e. The molecule has 2 aromatic rings. The van der Waals surface area contributed by atoms with E-state index >= 15 is 0 Å². The van der Waals surface area contributed by atoms with Gasteiger partial charge in [0.05, 0.1) is 6.04 Å². The van der Waals surface area contributed by atoms with Gasteiger partial charge in [-0.05, 0) is 32.2 Å². The summed E-state index contributed by atoms with van der Waals surface area (Å²) in [6.45, 7) is 7.22. The molecule has 0 N–H and O–H groups in total. The molecule has 7 nitrogen and oxygen atoms in total. The molecule has 1 aliphatic heterocycles. The highest BCUT2D eigenvalue weighted by molar-refractivity contribution is 4.93. The fourth-order valence-electron chi connectivity index (χ4n) is 2.93. The first kappa shape index (κ1) is 14.2. The molecule has 0 saturated carbocycles. The zero-order valence-corrected chi connectivity index (χ0v) is 12.6. The van der Waals surface area contributed by atoms with Gasteiger partial charge < -0.3 is 4.52 Å². The summed E-state index contributed by atoms with van der Waals surface area (Å²) in [5, 5.41) is 8.19. The SMILES string of the molecule is CCc1noc([C@H](C)N2CCC[C@H](Cn3cncn3)C2)n1. The lowest BCUT2D eigenvalue weighted by Crippen LogP contribution is -2.38. The molecule has 21 heavy (non-hydrogen) atoms. The number of piperidine rings is 1. The van der Waals surface area contributed by atoms with Crippen LogP contribution in [0.15, 0.2) is 17.2 Å². The molecule has 0 spiro atoms. The van der Waals surface area contributed by atoms with Crippen LogP contribution in [0.1, 0.15) is 44.4 Å². The first-order chi connectivity index (χ1) is 10.3. The lowest BCUT2D eigenvalue weighted by Gasteiger charge is -2.35. The van der Waals surface area contributed by atoms with Crippen LogP contribution < -0.4 is 0 Å². The van der Waals surface area contributed by atoms with Crippen LogP contribution >= 0.6 is 0 Å². The average molecular weight is 290 g/mol. The third-order valence-electron chi connectivity index (χ3n) is 4.17. The molecule has 0 bridgehead atoms.